The molecule has 0 aliphatic carbocycles. The van der Waals surface area contributed by atoms with Gasteiger partial charge in [-0.05, 0) is 55.6 Å². The van der Waals surface area contributed by atoms with E-state index in [0.29, 0.717) is 5.02 Å². The molecule has 0 spiro atoms. The molecule has 6 heteroatoms. The minimum absolute atomic E-state index is 0.221. The second-order valence-corrected chi connectivity index (χ2v) is 7.63. The molecule has 1 atom stereocenters. The molecule has 1 aromatic heterocycles. The van der Waals surface area contributed by atoms with Crippen molar-refractivity contribution in [3.63, 3.8) is 0 Å². The normalized spacial score (nSPS) is 12.5. The first-order valence-corrected chi connectivity index (χ1v) is 8.17. The Morgan fingerprint density at radius 2 is 2.00 bits per heavy atom. The topological polar surface area (TPSA) is 9.23 Å². The summed E-state index contributed by atoms with van der Waals surface area (Å²) in [7, 11) is 1.63. The van der Waals surface area contributed by atoms with Crippen molar-refractivity contribution < 1.29 is 4.74 Å². The Hall–Kier alpha value is 0.260. The fraction of sp³-hybridized carbons (Fsp3) is 0.167. The molecular formula is C12H8Br2Cl2OS. The molecule has 18 heavy (non-hydrogen) atoms. The van der Waals surface area contributed by atoms with Crippen LogP contribution >= 0.6 is 66.4 Å². The lowest BCUT2D eigenvalue weighted by Gasteiger charge is -2.10. The number of hydrogen-bond donors (Lipinski definition) is 0. The summed E-state index contributed by atoms with van der Waals surface area (Å²) in [5, 5.41) is 0.467. The van der Waals surface area contributed by atoms with E-state index in [4.69, 9.17) is 27.9 Å². The highest BCUT2D eigenvalue weighted by Gasteiger charge is 2.16. The molecule has 1 aromatic carbocycles. The number of thiophene rings is 1. The number of halogens is 4. The lowest BCUT2D eigenvalue weighted by atomic mass is 10.1. The number of alkyl halides is 1. The first-order chi connectivity index (χ1) is 8.52. The van der Waals surface area contributed by atoms with Gasteiger partial charge in [-0.1, -0.05) is 17.7 Å². The van der Waals surface area contributed by atoms with E-state index >= 15 is 0 Å². The van der Waals surface area contributed by atoms with E-state index in [0.717, 1.165) is 24.4 Å². The predicted molar refractivity (Wildman–Crippen MR) is 85.4 cm³/mol. The molecule has 0 fully saturated rings. The number of benzene rings is 1. The summed E-state index contributed by atoms with van der Waals surface area (Å²) >= 11 is 20.9. The van der Waals surface area contributed by atoms with Crippen LogP contribution in [0.4, 0.5) is 0 Å². The summed E-state index contributed by atoms with van der Waals surface area (Å²) in [6.45, 7) is 0. The molecule has 0 saturated heterocycles. The van der Waals surface area contributed by atoms with Crippen molar-refractivity contribution in [3.8, 4) is 5.75 Å². The van der Waals surface area contributed by atoms with Gasteiger partial charge in [0.2, 0.25) is 0 Å². The minimum Gasteiger partial charge on any atom is -0.496 e. The Bertz CT molecular complexity index is 552. The number of rotatable bonds is 3. The van der Waals surface area contributed by atoms with Crippen molar-refractivity contribution in [2.45, 2.75) is 5.38 Å². The van der Waals surface area contributed by atoms with Crippen LogP contribution in [0.2, 0.25) is 5.02 Å². The number of hydrogen-bond acceptors (Lipinski definition) is 2. The van der Waals surface area contributed by atoms with Gasteiger partial charge in [-0.15, -0.1) is 22.9 Å². The Morgan fingerprint density at radius 1 is 1.28 bits per heavy atom. The van der Waals surface area contributed by atoms with Gasteiger partial charge in [-0.2, -0.15) is 0 Å². The van der Waals surface area contributed by atoms with Crippen molar-refractivity contribution in [2.24, 2.45) is 0 Å². The zero-order valence-corrected chi connectivity index (χ0v) is 14.7. The molecule has 0 amide bonds. The standard InChI is InChI=1S/C12H8Br2Cl2OS/c1-17-9-3-2-6(4-7(9)13)11(16)10-5-8(15)12(14)18-10/h2-5,11H,1H3. The highest BCUT2D eigenvalue weighted by atomic mass is 79.9. The highest BCUT2D eigenvalue weighted by Crippen LogP contribution is 2.41. The maximum Gasteiger partial charge on any atom is 0.133 e. The molecule has 0 N–H and O–H groups in total. The maximum absolute atomic E-state index is 6.45. The molecule has 0 saturated carbocycles. The van der Waals surface area contributed by atoms with Crippen LogP contribution in [0.25, 0.3) is 0 Å². The average Bonchev–Trinajstić information content (AvgIpc) is 2.68. The van der Waals surface area contributed by atoms with Crippen LogP contribution in [-0.4, -0.2) is 7.11 Å². The molecule has 0 bridgehead atoms. The van der Waals surface area contributed by atoms with E-state index in [2.05, 4.69) is 31.9 Å². The van der Waals surface area contributed by atoms with Gasteiger partial charge in [-0.3, -0.25) is 0 Å². The zero-order chi connectivity index (χ0) is 13.3. The van der Waals surface area contributed by atoms with Gasteiger partial charge < -0.3 is 4.74 Å². The van der Waals surface area contributed by atoms with E-state index in [9.17, 15) is 0 Å². The van der Waals surface area contributed by atoms with Gasteiger partial charge in [0, 0.05) is 4.88 Å². The fourth-order valence-electron chi connectivity index (χ4n) is 1.49. The molecule has 96 valence electrons. The Labute approximate surface area is 136 Å². The molecule has 2 rings (SSSR count). The molecular weight excluding hydrogens is 423 g/mol. The number of methoxy groups -OCH3 is 1. The third kappa shape index (κ3) is 3.05. The van der Waals surface area contributed by atoms with Crippen LogP contribution in [0.5, 0.6) is 5.75 Å². The van der Waals surface area contributed by atoms with Crippen LogP contribution in [0.3, 0.4) is 0 Å². The summed E-state index contributed by atoms with van der Waals surface area (Å²) in [6, 6.07) is 7.67. The van der Waals surface area contributed by atoms with Crippen LogP contribution in [0.15, 0.2) is 32.5 Å². The minimum atomic E-state index is -0.221. The van der Waals surface area contributed by atoms with E-state index < -0.39 is 0 Å². The zero-order valence-electron chi connectivity index (χ0n) is 9.22. The van der Waals surface area contributed by atoms with Gasteiger partial charge in [0.15, 0.2) is 0 Å². The van der Waals surface area contributed by atoms with Gasteiger partial charge in [-0.25, -0.2) is 0 Å². The second kappa shape index (κ2) is 6.14. The summed E-state index contributed by atoms with van der Waals surface area (Å²) in [6.07, 6.45) is 0. The first-order valence-electron chi connectivity index (χ1n) is 4.95. The summed E-state index contributed by atoms with van der Waals surface area (Å²) in [5.41, 5.74) is 0.995. The molecule has 0 radical (unpaired) electrons. The van der Waals surface area contributed by atoms with E-state index in [-0.39, 0.29) is 5.38 Å². The van der Waals surface area contributed by atoms with Crippen LogP contribution in [-0.2, 0) is 0 Å². The SMILES string of the molecule is COc1ccc(C(Cl)c2cc(Cl)c(Br)s2)cc1Br. The average molecular weight is 431 g/mol. The molecule has 0 aliphatic rings. The monoisotopic (exact) mass is 428 g/mol. The number of ether oxygens (including phenoxy) is 1. The van der Waals surface area contributed by atoms with Crippen molar-refractivity contribution in [2.75, 3.05) is 7.11 Å². The van der Waals surface area contributed by atoms with Crippen molar-refractivity contribution in [1.29, 1.82) is 0 Å². The quantitative estimate of drug-likeness (QED) is 0.522. The van der Waals surface area contributed by atoms with E-state index in [1.54, 1.807) is 7.11 Å². The predicted octanol–water partition coefficient (Wildman–Crippen LogP) is 6.26. The Balaban J connectivity index is 2.33. The van der Waals surface area contributed by atoms with E-state index in [1.165, 1.54) is 11.3 Å². The highest BCUT2D eigenvalue weighted by molar-refractivity contribution is 9.11. The Morgan fingerprint density at radius 3 is 2.50 bits per heavy atom. The maximum atomic E-state index is 6.45. The lowest BCUT2D eigenvalue weighted by molar-refractivity contribution is 0.412. The van der Waals surface area contributed by atoms with Crippen LogP contribution in [0, 0.1) is 0 Å². The fourth-order valence-corrected chi connectivity index (χ4v) is 4.14. The second-order valence-electron chi connectivity index (χ2n) is 3.53. The first kappa shape index (κ1) is 14.7. The summed E-state index contributed by atoms with van der Waals surface area (Å²) in [5.74, 6) is 0.785. The van der Waals surface area contributed by atoms with Crippen molar-refractivity contribution >= 4 is 66.4 Å². The van der Waals surface area contributed by atoms with Crippen molar-refractivity contribution in [3.05, 3.63) is 48.0 Å². The van der Waals surface area contributed by atoms with Gasteiger partial charge in [0.05, 0.1) is 25.8 Å². The van der Waals surface area contributed by atoms with Crippen molar-refractivity contribution in [1.82, 2.24) is 0 Å². The Kier molecular flexibility index (Phi) is 5.00. The smallest absolute Gasteiger partial charge is 0.133 e. The molecule has 0 aliphatic heterocycles. The molecule has 1 nitrogen and oxygen atoms in total. The van der Waals surface area contributed by atoms with Crippen LogP contribution in [0.1, 0.15) is 15.8 Å². The van der Waals surface area contributed by atoms with Gasteiger partial charge in [0.1, 0.15) is 5.75 Å². The van der Waals surface area contributed by atoms with Gasteiger partial charge in [0.25, 0.3) is 0 Å². The summed E-state index contributed by atoms with van der Waals surface area (Å²) in [4.78, 5) is 1.01. The third-order valence-electron chi connectivity index (χ3n) is 2.38. The summed E-state index contributed by atoms with van der Waals surface area (Å²) < 4.78 is 6.98. The van der Waals surface area contributed by atoms with Gasteiger partial charge >= 0.3 is 0 Å². The molecule has 1 unspecified atom stereocenters. The van der Waals surface area contributed by atoms with E-state index in [1.807, 2.05) is 24.3 Å². The molecule has 1 heterocycles. The third-order valence-corrected chi connectivity index (χ3v) is 6.16. The van der Waals surface area contributed by atoms with Crippen LogP contribution < -0.4 is 4.74 Å². The largest absolute Gasteiger partial charge is 0.496 e. The molecule has 2 aromatic rings. The lowest BCUT2D eigenvalue weighted by Crippen LogP contribution is -1.92.